The first-order valence-electron chi connectivity index (χ1n) is 6.02. The fraction of sp³-hybridized carbons (Fsp3) is 0.538. The maximum atomic E-state index is 12.2. The van der Waals surface area contributed by atoms with Gasteiger partial charge in [-0.3, -0.25) is 9.59 Å². The zero-order valence-corrected chi connectivity index (χ0v) is 11.3. The molecule has 100 valence electrons. The van der Waals surface area contributed by atoms with Gasteiger partial charge in [0.05, 0.1) is 11.1 Å². The van der Waals surface area contributed by atoms with Gasteiger partial charge in [0, 0.05) is 18.8 Å². The van der Waals surface area contributed by atoms with Gasteiger partial charge in [0.1, 0.15) is 0 Å². The molecule has 0 aliphatic carbocycles. The van der Waals surface area contributed by atoms with Crippen molar-refractivity contribution in [1.82, 2.24) is 10.3 Å². The standard InChI is InChI=1S/C13H21N3O2/c1-8(2)13(4,7-14)16-12(18)10-6-15-11(17)5-9(10)3/h5-6,8H,7,14H2,1-4H3,(H,15,17)(H,16,18). The van der Waals surface area contributed by atoms with Crippen molar-refractivity contribution in [2.45, 2.75) is 33.2 Å². The predicted octanol–water partition coefficient (Wildman–Crippen LogP) is 0.787. The molecular weight excluding hydrogens is 230 g/mol. The summed E-state index contributed by atoms with van der Waals surface area (Å²) in [7, 11) is 0. The van der Waals surface area contributed by atoms with Crippen molar-refractivity contribution < 1.29 is 4.79 Å². The van der Waals surface area contributed by atoms with Crippen molar-refractivity contribution in [2.24, 2.45) is 11.7 Å². The van der Waals surface area contributed by atoms with E-state index in [0.29, 0.717) is 17.7 Å². The van der Waals surface area contributed by atoms with Crippen LogP contribution in [0.25, 0.3) is 0 Å². The minimum absolute atomic E-state index is 0.213. The molecule has 0 saturated carbocycles. The molecule has 0 aliphatic heterocycles. The lowest BCUT2D eigenvalue weighted by molar-refractivity contribution is 0.0882. The lowest BCUT2D eigenvalue weighted by Gasteiger charge is -2.33. The molecule has 5 heteroatoms. The van der Waals surface area contributed by atoms with Gasteiger partial charge in [-0.25, -0.2) is 0 Å². The Hall–Kier alpha value is -1.62. The van der Waals surface area contributed by atoms with E-state index in [1.807, 2.05) is 20.8 Å². The number of nitrogens with one attached hydrogen (secondary N) is 2. The van der Waals surface area contributed by atoms with Crippen LogP contribution in [0.1, 0.15) is 36.7 Å². The summed E-state index contributed by atoms with van der Waals surface area (Å²) in [6, 6.07) is 1.41. The third-order valence-electron chi connectivity index (χ3n) is 3.47. The Morgan fingerprint density at radius 2 is 2.17 bits per heavy atom. The van der Waals surface area contributed by atoms with E-state index in [0.717, 1.165) is 0 Å². The van der Waals surface area contributed by atoms with E-state index >= 15 is 0 Å². The van der Waals surface area contributed by atoms with Crippen LogP contribution in [-0.2, 0) is 0 Å². The second kappa shape index (κ2) is 5.35. The normalized spacial score (nSPS) is 14.3. The zero-order chi connectivity index (χ0) is 13.9. The third kappa shape index (κ3) is 2.98. The van der Waals surface area contributed by atoms with Crippen molar-refractivity contribution in [1.29, 1.82) is 0 Å². The number of amides is 1. The van der Waals surface area contributed by atoms with E-state index < -0.39 is 5.54 Å². The molecule has 0 saturated heterocycles. The maximum absolute atomic E-state index is 12.2. The molecule has 5 nitrogen and oxygen atoms in total. The average Bonchev–Trinajstić information content (AvgIpc) is 2.28. The lowest BCUT2D eigenvalue weighted by Crippen LogP contribution is -2.55. The van der Waals surface area contributed by atoms with Crippen molar-refractivity contribution in [2.75, 3.05) is 6.54 Å². The molecule has 1 amide bonds. The molecule has 0 bridgehead atoms. The van der Waals surface area contributed by atoms with Crippen LogP contribution in [0.2, 0.25) is 0 Å². The summed E-state index contributed by atoms with van der Waals surface area (Å²) in [5, 5.41) is 2.93. The Balaban J connectivity index is 2.98. The van der Waals surface area contributed by atoms with E-state index in [9.17, 15) is 9.59 Å². The number of H-pyrrole nitrogens is 1. The zero-order valence-electron chi connectivity index (χ0n) is 11.3. The number of aromatic nitrogens is 1. The summed E-state index contributed by atoms with van der Waals surface area (Å²) in [5.41, 5.74) is 6.17. The van der Waals surface area contributed by atoms with Crippen molar-refractivity contribution in [3.63, 3.8) is 0 Å². The van der Waals surface area contributed by atoms with Gasteiger partial charge in [0.2, 0.25) is 5.56 Å². The molecule has 1 atom stereocenters. The molecule has 1 rings (SSSR count). The summed E-state index contributed by atoms with van der Waals surface area (Å²) in [6.07, 6.45) is 1.43. The first-order chi connectivity index (χ1) is 8.30. The van der Waals surface area contributed by atoms with Crippen molar-refractivity contribution >= 4 is 5.91 Å². The molecule has 18 heavy (non-hydrogen) atoms. The molecule has 1 aromatic rings. The van der Waals surface area contributed by atoms with Gasteiger partial charge in [-0.05, 0) is 25.3 Å². The van der Waals surface area contributed by atoms with Crippen LogP contribution in [0.5, 0.6) is 0 Å². The predicted molar refractivity (Wildman–Crippen MR) is 71.6 cm³/mol. The highest BCUT2D eigenvalue weighted by Gasteiger charge is 2.29. The van der Waals surface area contributed by atoms with E-state index in [-0.39, 0.29) is 17.4 Å². The van der Waals surface area contributed by atoms with E-state index in [1.165, 1.54) is 12.3 Å². The van der Waals surface area contributed by atoms with E-state index in [4.69, 9.17) is 5.73 Å². The van der Waals surface area contributed by atoms with Crippen molar-refractivity contribution in [3.05, 3.63) is 33.7 Å². The van der Waals surface area contributed by atoms with Crippen LogP contribution in [0.3, 0.4) is 0 Å². The van der Waals surface area contributed by atoms with E-state index in [1.54, 1.807) is 6.92 Å². The Morgan fingerprint density at radius 3 is 2.61 bits per heavy atom. The van der Waals surface area contributed by atoms with Gasteiger partial charge in [0.15, 0.2) is 0 Å². The second-order valence-electron chi connectivity index (χ2n) is 5.12. The van der Waals surface area contributed by atoms with Gasteiger partial charge in [-0.1, -0.05) is 13.8 Å². The highest BCUT2D eigenvalue weighted by molar-refractivity contribution is 5.95. The van der Waals surface area contributed by atoms with Crippen LogP contribution in [0, 0.1) is 12.8 Å². The lowest BCUT2D eigenvalue weighted by atomic mass is 9.88. The molecular formula is C13H21N3O2. The number of aryl methyl sites for hydroxylation is 1. The molecule has 0 radical (unpaired) electrons. The Bertz CT molecular complexity index is 493. The average molecular weight is 251 g/mol. The fourth-order valence-electron chi connectivity index (χ4n) is 1.58. The molecule has 0 aromatic carbocycles. The minimum Gasteiger partial charge on any atom is -0.345 e. The highest BCUT2D eigenvalue weighted by Crippen LogP contribution is 2.16. The molecule has 0 spiro atoms. The summed E-state index contributed by atoms with van der Waals surface area (Å²) >= 11 is 0. The first-order valence-corrected chi connectivity index (χ1v) is 6.02. The molecule has 1 unspecified atom stereocenters. The van der Waals surface area contributed by atoms with Gasteiger partial charge >= 0.3 is 0 Å². The van der Waals surface area contributed by atoms with E-state index in [2.05, 4.69) is 10.3 Å². The fourth-order valence-corrected chi connectivity index (χ4v) is 1.58. The van der Waals surface area contributed by atoms with Crippen LogP contribution >= 0.6 is 0 Å². The molecule has 0 fully saturated rings. The quantitative estimate of drug-likeness (QED) is 0.739. The number of aromatic amines is 1. The third-order valence-corrected chi connectivity index (χ3v) is 3.47. The number of hydrogen-bond acceptors (Lipinski definition) is 3. The van der Waals surface area contributed by atoms with Crippen molar-refractivity contribution in [3.8, 4) is 0 Å². The number of hydrogen-bond donors (Lipinski definition) is 3. The minimum atomic E-state index is -0.459. The summed E-state index contributed by atoms with van der Waals surface area (Å²) < 4.78 is 0. The Kier molecular flexibility index (Phi) is 4.29. The Labute approximate surface area is 107 Å². The van der Waals surface area contributed by atoms with Crippen LogP contribution in [0.4, 0.5) is 0 Å². The number of carbonyl (C=O) groups excluding carboxylic acids is 1. The summed E-state index contributed by atoms with van der Waals surface area (Å²) in [4.78, 5) is 25.8. The second-order valence-corrected chi connectivity index (χ2v) is 5.12. The Morgan fingerprint density at radius 1 is 1.56 bits per heavy atom. The largest absolute Gasteiger partial charge is 0.345 e. The number of pyridine rings is 1. The first kappa shape index (κ1) is 14.4. The maximum Gasteiger partial charge on any atom is 0.253 e. The molecule has 4 N–H and O–H groups in total. The number of carbonyl (C=O) groups is 1. The topological polar surface area (TPSA) is 88.0 Å². The highest BCUT2D eigenvalue weighted by atomic mass is 16.2. The van der Waals surface area contributed by atoms with Gasteiger partial charge in [-0.2, -0.15) is 0 Å². The van der Waals surface area contributed by atoms with Crippen LogP contribution < -0.4 is 16.6 Å². The SMILES string of the molecule is Cc1cc(=O)[nH]cc1C(=O)NC(C)(CN)C(C)C. The van der Waals surface area contributed by atoms with Gasteiger partial charge < -0.3 is 16.0 Å². The number of nitrogens with two attached hydrogens (primary N) is 1. The van der Waals surface area contributed by atoms with Crippen LogP contribution in [0.15, 0.2) is 17.1 Å². The molecule has 1 aromatic heterocycles. The van der Waals surface area contributed by atoms with Crippen LogP contribution in [-0.4, -0.2) is 23.0 Å². The summed E-state index contributed by atoms with van der Waals surface area (Å²) in [5.74, 6) is -0.0000765. The number of rotatable bonds is 4. The molecule has 1 heterocycles. The monoisotopic (exact) mass is 251 g/mol. The molecule has 0 aliphatic rings. The van der Waals surface area contributed by atoms with Gasteiger partial charge in [0.25, 0.3) is 5.91 Å². The summed E-state index contributed by atoms with van der Waals surface area (Å²) in [6.45, 7) is 8.02. The smallest absolute Gasteiger partial charge is 0.253 e. The van der Waals surface area contributed by atoms with Gasteiger partial charge in [-0.15, -0.1) is 0 Å².